The summed E-state index contributed by atoms with van der Waals surface area (Å²) in [4.78, 5) is 23.2. The SMILES string of the molecule is CCCCCCCCCC(=O)C=C(O)C(C(=O)O)C(O)CCCCC. The second-order valence-electron chi connectivity index (χ2n) is 6.79. The van der Waals surface area contributed by atoms with Crippen LogP contribution in [0.4, 0.5) is 0 Å². The van der Waals surface area contributed by atoms with Crippen LogP contribution in [-0.4, -0.2) is 33.2 Å². The minimum absolute atomic E-state index is 0.280. The van der Waals surface area contributed by atoms with E-state index in [0.717, 1.165) is 38.2 Å². The summed E-state index contributed by atoms with van der Waals surface area (Å²) in [7, 11) is 0. The Kier molecular flexibility index (Phi) is 14.1. The van der Waals surface area contributed by atoms with Crippen molar-refractivity contribution in [3.05, 3.63) is 11.8 Å². The van der Waals surface area contributed by atoms with Crippen LogP contribution in [0.5, 0.6) is 0 Å². The first-order valence-corrected chi connectivity index (χ1v) is 9.78. The van der Waals surface area contributed by atoms with Gasteiger partial charge < -0.3 is 15.3 Å². The quantitative estimate of drug-likeness (QED) is 0.210. The first kappa shape index (κ1) is 23.6. The molecule has 0 saturated heterocycles. The van der Waals surface area contributed by atoms with Gasteiger partial charge in [0.15, 0.2) is 5.78 Å². The van der Waals surface area contributed by atoms with Crippen molar-refractivity contribution in [2.24, 2.45) is 5.92 Å². The Balaban J connectivity index is 4.32. The van der Waals surface area contributed by atoms with Crippen molar-refractivity contribution in [1.29, 1.82) is 0 Å². The van der Waals surface area contributed by atoms with E-state index in [-0.39, 0.29) is 5.78 Å². The van der Waals surface area contributed by atoms with Crippen LogP contribution < -0.4 is 0 Å². The summed E-state index contributed by atoms with van der Waals surface area (Å²) < 4.78 is 0. The highest BCUT2D eigenvalue weighted by Crippen LogP contribution is 2.19. The summed E-state index contributed by atoms with van der Waals surface area (Å²) in [6.45, 7) is 4.18. The lowest BCUT2D eigenvalue weighted by atomic mass is 9.94. The standard InChI is InChI=1S/C20H36O5/c1-3-5-7-8-9-10-12-13-16(21)15-18(23)19(20(24)25)17(22)14-11-6-4-2/h15,17,19,22-23H,3-14H2,1-2H3,(H,24,25). The van der Waals surface area contributed by atoms with Gasteiger partial charge >= 0.3 is 5.97 Å². The van der Waals surface area contributed by atoms with Crippen molar-refractivity contribution in [1.82, 2.24) is 0 Å². The molecule has 0 heterocycles. The Morgan fingerprint density at radius 1 is 0.840 bits per heavy atom. The van der Waals surface area contributed by atoms with E-state index >= 15 is 0 Å². The number of hydrogen-bond acceptors (Lipinski definition) is 4. The Morgan fingerprint density at radius 3 is 1.92 bits per heavy atom. The zero-order valence-corrected chi connectivity index (χ0v) is 15.9. The van der Waals surface area contributed by atoms with Gasteiger partial charge in [-0.3, -0.25) is 9.59 Å². The first-order chi connectivity index (χ1) is 11.9. The molecule has 0 aromatic heterocycles. The molecular weight excluding hydrogens is 320 g/mol. The van der Waals surface area contributed by atoms with Crippen LogP contribution >= 0.6 is 0 Å². The van der Waals surface area contributed by atoms with E-state index in [4.69, 9.17) is 0 Å². The number of aliphatic hydroxyl groups excluding tert-OH is 2. The van der Waals surface area contributed by atoms with Gasteiger partial charge in [0.25, 0.3) is 0 Å². The number of ketones is 1. The number of carboxylic acid groups (broad SMARTS) is 1. The summed E-state index contributed by atoms with van der Waals surface area (Å²) in [6.07, 6.45) is 10.6. The number of carbonyl (C=O) groups excluding carboxylic acids is 1. The van der Waals surface area contributed by atoms with Gasteiger partial charge in [0, 0.05) is 12.5 Å². The molecule has 2 atom stereocenters. The number of carboxylic acids is 1. The molecule has 0 aliphatic carbocycles. The maximum atomic E-state index is 11.9. The fraction of sp³-hybridized carbons (Fsp3) is 0.800. The molecule has 2 unspecified atom stereocenters. The minimum Gasteiger partial charge on any atom is -0.511 e. The normalized spacial score (nSPS) is 14.3. The average molecular weight is 357 g/mol. The topological polar surface area (TPSA) is 94.8 Å². The van der Waals surface area contributed by atoms with Crippen molar-refractivity contribution < 1.29 is 24.9 Å². The molecule has 0 aromatic carbocycles. The van der Waals surface area contributed by atoms with E-state index in [9.17, 15) is 24.9 Å². The lowest BCUT2D eigenvalue weighted by Gasteiger charge is -2.18. The fourth-order valence-electron chi connectivity index (χ4n) is 2.84. The second kappa shape index (κ2) is 14.9. The Hall–Kier alpha value is -1.36. The number of aliphatic carboxylic acids is 1. The average Bonchev–Trinajstić information content (AvgIpc) is 2.54. The monoisotopic (exact) mass is 356 g/mol. The van der Waals surface area contributed by atoms with Crippen LogP contribution in [0.3, 0.4) is 0 Å². The summed E-state index contributed by atoms with van der Waals surface area (Å²) in [5.41, 5.74) is 0. The zero-order chi connectivity index (χ0) is 19.1. The van der Waals surface area contributed by atoms with Crippen molar-refractivity contribution in [2.75, 3.05) is 0 Å². The maximum absolute atomic E-state index is 11.9. The van der Waals surface area contributed by atoms with E-state index in [0.29, 0.717) is 19.3 Å². The van der Waals surface area contributed by atoms with Crippen molar-refractivity contribution in [2.45, 2.75) is 97.0 Å². The lowest BCUT2D eigenvalue weighted by molar-refractivity contribution is -0.145. The largest absolute Gasteiger partial charge is 0.511 e. The van der Waals surface area contributed by atoms with Gasteiger partial charge in [-0.2, -0.15) is 0 Å². The number of allylic oxidation sites excluding steroid dienone is 1. The fourth-order valence-corrected chi connectivity index (χ4v) is 2.84. The molecule has 0 bridgehead atoms. The molecule has 5 heteroatoms. The first-order valence-electron chi connectivity index (χ1n) is 9.78. The molecule has 0 amide bonds. The van der Waals surface area contributed by atoms with Crippen molar-refractivity contribution in [3.63, 3.8) is 0 Å². The van der Waals surface area contributed by atoms with E-state index in [1.165, 1.54) is 25.7 Å². The summed E-state index contributed by atoms with van der Waals surface area (Å²) in [6, 6.07) is 0. The number of aliphatic hydroxyl groups is 2. The van der Waals surface area contributed by atoms with Gasteiger partial charge in [-0.05, 0) is 12.8 Å². The van der Waals surface area contributed by atoms with Gasteiger partial charge in [0.05, 0.1) is 6.10 Å². The zero-order valence-electron chi connectivity index (χ0n) is 15.9. The highest BCUT2D eigenvalue weighted by molar-refractivity contribution is 5.91. The van der Waals surface area contributed by atoms with Crippen molar-refractivity contribution >= 4 is 11.8 Å². The number of hydrogen-bond donors (Lipinski definition) is 3. The lowest BCUT2D eigenvalue weighted by Crippen LogP contribution is -2.30. The van der Waals surface area contributed by atoms with Crippen LogP contribution in [0, 0.1) is 5.92 Å². The molecule has 25 heavy (non-hydrogen) atoms. The van der Waals surface area contributed by atoms with E-state index < -0.39 is 23.8 Å². The molecule has 5 nitrogen and oxygen atoms in total. The smallest absolute Gasteiger partial charge is 0.316 e. The van der Waals surface area contributed by atoms with E-state index in [2.05, 4.69) is 6.92 Å². The van der Waals surface area contributed by atoms with Crippen LogP contribution in [0.15, 0.2) is 11.8 Å². The van der Waals surface area contributed by atoms with Crippen LogP contribution in [0.2, 0.25) is 0 Å². The van der Waals surface area contributed by atoms with Gasteiger partial charge in [-0.25, -0.2) is 0 Å². The highest BCUT2D eigenvalue weighted by atomic mass is 16.4. The molecule has 0 aromatic rings. The number of unbranched alkanes of at least 4 members (excludes halogenated alkanes) is 8. The Labute approximate surface area is 152 Å². The van der Waals surface area contributed by atoms with Gasteiger partial charge in [-0.1, -0.05) is 71.6 Å². The van der Waals surface area contributed by atoms with E-state index in [1.807, 2.05) is 6.92 Å². The molecule has 146 valence electrons. The van der Waals surface area contributed by atoms with E-state index in [1.54, 1.807) is 0 Å². The third-order valence-corrected chi connectivity index (χ3v) is 4.41. The molecule has 3 N–H and O–H groups in total. The molecule has 0 spiro atoms. The van der Waals surface area contributed by atoms with Gasteiger partial charge in [0.1, 0.15) is 11.7 Å². The number of rotatable bonds is 16. The minimum atomic E-state index is -1.42. The summed E-state index contributed by atoms with van der Waals surface area (Å²) in [5.74, 6) is -3.54. The highest BCUT2D eigenvalue weighted by Gasteiger charge is 2.30. The molecule has 0 aliphatic rings. The molecule has 0 fully saturated rings. The predicted octanol–water partition coefficient (Wildman–Crippen LogP) is 4.78. The maximum Gasteiger partial charge on any atom is 0.316 e. The van der Waals surface area contributed by atoms with Crippen molar-refractivity contribution in [3.8, 4) is 0 Å². The van der Waals surface area contributed by atoms with Crippen LogP contribution in [-0.2, 0) is 9.59 Å². The Bertz CT molecular complexity index is 403. The third-order valence-electron chi connectivity index (χ3n) is 4.41. The predicted molar refractivity (Wildman–Crippen MR) is 99.6 cm³/mol. The number of carbonyl (C=O) groups is 2. The molecule has 0 rings (SSSR count). The van der Waals surface area contributed by atoms with Crippen LogP contribution in [0.1, 0.15) is 90.9 Å². The van der Waals surface area contributed by atoms with Gasteiger partial charge in [0.2, 0.25) is 0 Å². The molecule has 0 radical (unpaired) electrons. The summed E-state index contributed by atoms with van der Waals surface area (Å²) in [5, 5.41) is 29.2. The molecule has 0 saturated carbocycles. The third kappa shape index (κ3) is 11.8. The molecular formula is C20H36O5. The molecule has 0 aliphatic heterocycles. The summed E-state index contributed by atoms with van der Waals surface area (Å²) >= 11 is 0. The Morgan fingerprint density at radius 2 is 1.36 bits per heavy atom. The van der Waals surface area contributed by atoms with Gasteiger partial charge in [-0.15, -0.1) is 0 Å². The second-order valence-corrected chi connectivity index (χ2v) is 6.79. The van der Waals surface area contributed by atoms with Crippen LogP contribution in [0.25, 0.3) is 0 Å².